The van der Waals surface area contributed by atoms with E-state index >= 15 is 0 Å². The Balaban J connectivity index is 2.16. The fourth-order valence-corrected chi connectivity index (χ4v) is 3.42. The summed E-state index contributed by atoms with van der Waals surface area (Å²) in [7, 11) is 0. The summed E-state index contributed by atoms with van der Waals surface area (Å²) in [5.74, 6) is 0. The van der Waals surface area contributed by atoms with Gasteiger partial charge in [0.2, 0.25) is 0 Å². The molecule has 1 aliphatic heterocycles. The van der Waals surface area contributed by atoms with E-state index in [9.17, 15) is 5.11 Å². The fraction of sp³-hybridized carbons (Fsp3) is 0.600. The third kappa shape index (κ3) is 3.50. The Morgan fingerprint density at radius 2 is 2.26 bits per heavy atom. The highest BCUT2D eigenvalue weighted by Crippen LogP contribution is 2.35. The smallest absolute Gasteiger partial charge is 0.0762 e. The average molecular weight is 328 g/mol. The van der Waals surface area contributed by atoms with Gasteiger partial charge in [0.1, 0.15) is 0 Å². The summed E-state index contributed by atoms with van der Waals surface area (Å²) in [5.41, 5.74) is 2.13. The standard InChI is InChI=1S/C15H22BrNO2/c1-11(19)12-6-7-15(14(16)10-12)17-8-2-4-13(17)5-3-9-18/h6-7,10-11,13,18-19H,2-5,8-9H2,1H3. The molecule has 2 N–H and O–H groups in total. The van der Waals surface area contributed by atoms with Crippen LogP contribution < -0.4 is 4.90 Å². The van der Waals surface area contributed by atoms with E-state index in [1.807, 2.05) is 12.1 Å². The summed E-state index contributed by atoms with van der Waals surface area (Å²) in [6, 6.07) is 6.61. The molecule has 0 saturated carbocycles. The number of hydrogen-bond acceptors (Lipinski definition) is 3. The average Bonchev–Trinajstić information content (AvgIpc) is 2.84. The molecule has 2 atom stereocenters. The molecule has 1 saturated heterocycles. The van der Waals surface area contributed by atoms with Crippen molar-refractivity contribution in [3.8, 4) is 0 Å². The molecule has 0 spiro atoms. The summed E-state index contributed by atoms with van der Waals surface area (Å²) in [6.07, 6.45) is 3.88. The van der Waals surface area contributed by atoms with Gasteiger partial charge in [-0.15, -0.1) is 0 Å². The van der Waals surface area contributed by atoms with E-state index in [1.54, 1.807) is 6.92 Å². The predicted molar refractivity (Wildman–Crippen MR) is 81.5 cm³/mol. The summed E-state index contributed by atoms with van der Waals surface area (Å²) >= 11 is 3.62. The number of aliphatic hydroxyl groups is 2. The number of benzene rings is 1. The van der Waals surface area contributed by atoms with Crippen molar-refractivity contribution in [2.24, 2.45) is 0 Å². The zero-order valence-corrected chi connectivity index (χ0v) is 12.9. The van der Waals surface area contributed by atoms with Gasteiger partial charge in [0.25, 0.3) is 0 Å². The minimum absolute atomic E-state index is 0.270. The van der Waals surface area contributed by atoms with Crippen molar-refractivity contribution in [1.82, 2.24) is 0 Å². The van der Waals surface area contributed by atoms with Crippen LogP contribution in [-0.4, -0.2) is 29.4 Å². The lowest BCUT2D eigenvalue weighted by atomic mass is 10.1. The number of halogens is 1. The molecule has 0 aliphatic carbocycles. The Hall–Kier alpha value is -0.580. The number of hydrogen-bond donors (Lipinski definition) is 2. The van der Waals surface area contributed by atoms with E-state index in [1.165, 1.54) is 18.5 Å². The van der Waals surface area contributed by atoms with E-state index < -0.39 is 6.10 Å². The Morgan fingerprint density at radius 3 is 2.89 bits per heavy atom. The maximum Gasteiger partial charge on any atom is 0.0762 e. The Morgan fingerprint density at radius 1 is 1.47 bits per heavy atom. The minimum atomic E-state index is -0.436. The highest BCUT2D eigenvalue weighted by molar-refractivity contribution is 9.10. The molecule has 106 valence electrons. The maximum atomic E-state index is 9.61. The van der Waals surface area contributed by atoms with Gasteiger partial charge in [-0.2, -0.15) is 0 Å². The van der Waals surface area contributed by atoms with Crippen molar-refractivity contribution < 1.29 is 10.2 Å². The van der Waals surface area contributed by atoms with Crippen LogP contribution in [0.5, 0.6) is 0 Å². The molecule has 1 aromatic carbocycles. The van der Waals surface area contributed by atoms with Crippen LogP contribution in [0.4, 0.5) is 5.69 Å². The normalized spacial score (nSPS) is 20.8. The van der Waals surface area contributed by atoms with Crippen LogP contribution in [0.1, 0.15) is 44.3 Å². The van der Waals surface area contributed by atoms with E-state index in [0.29, 0.717) is 6.04 Å². The van der Waals surface area contributed by atoms with E-state index in [2.05, 4.69) is 26.9 Å². The van der Waals surface area contributed by atoms with Crippen LogP contribution in [0.3, 0.4) is 0 Å². The van der Waals surface area contributed by atoms with E-state index in [4.69, 9.17) is 5.11 Å². The van der Waals surface area contributed by atoms with Crippen molar-refractivity contribution in [3.63, 3.8) is 0 Å². The molecule has 1 aromatic rings. The highest BCUT2D eigenvalue weighted by Gasteiger charge is 2.25. The number of aliphatic hydroxyl groups excluding tert-OH is 2. The van der Waals surface area contributed by atoms with Gasteiger partial charge in [0, 0.05) is 23.7 Å². The molecule has 0 bridgehead atoms. The summed E-state index contributed by atoms with van der Waals surface area (Å²) < 4.78 is 1.04. The topological polar surface area (TPSA) is 43.7 Å². The van der Waals surface area contributed by atoms with Crippen molar-refractivity contribution in [3.05, 3.63) is 28.2 Å². The molecule has 0 aromatic heterocycles. The number of rotatable bonds is 5. The first-order chi connectivity index (χ1) is 9.13. The molecular formula is C15H22BrNO2. The molecule has 1 fully saturated rings. The molecule has 3 nitrogen and oxygen atoms in total. The second-order valence-corrected chi connectivity index (χ2v) is 6.10. The first-order valence-electron chi connectivity index (χ1n) is 6.98. The summed E-state index contributed by atoms with van der Waals surface area (Å²) in [5, 5.41) is 18.6. The van der Waals surface area contributed by atoms with Crippen molar-refractivity contribution in [1.29, 1.82) is 0 Å². The zero-order valence-electron chi connectivity index (χ0n) is 11.3. The van der Waals surface area contributed by atoms with Gasteiger partial charge in [-0.05, 0) is 66.2 Å². The molecule has 19 heavy (non-hydrogen) atoms. The maximum absolute atomic E-state index is 9.61. The SMILES string of the molecule is CC(O)c1ccc(N2CCCC2CCCO)c(Br)c1. The summed E-state index contributed by atoms with van der Waals surface area (Å²) in [4.78, 5) is 2.42. The largest absolute Gasteiger partial charge is 0.396 e. The third-order valence-corrected chi connectivity index (χ3v) is 4.47. The fourth-order valence-electron chi connectivity index (χ4n) is 2.80. The van der Waals surface area contributed by atoms with Gasteiger partial charge in [-0.25, -0.2) is 0 Å². The van der Waals surface area contributed by atoms with Gasteiger partial charge in [0.15, 0.2) is 0 Å². The minimum Gasteiger partial charge on any atom is -0.396 e. The van der Waals surface area contributed by atoms with Crippen LogP contribution in [0.25, 0.3) is 0 Å². The van der Waals surface area contributed by atoms with Crippen LogP contribution >= 0.6 is 15.9 Å². The van der Waals surface area contributed by atoms with Gasteiger partial charge in [-0.1, -0.05) is 6.07 Å². The lowest BCUT2D eigenvalue weighted by molar-refractivity contribution is 0.199. The lowest BCUT2D eigenvalue weighted by Gasteiger charge is -2.28. The molecule has 1 aliphatic rings. The van der Waals surface area contributed by atoms with Crippen molar-refractivity contribution >= 4 is 21.6 Å². The van der Waals surface area contributed by atoms with Crippen molar-refractivity contribution in [2.45, 2.75) is 44.8 Å². The molecule has 2 unspecified atom stereocenters. The molecule has 1 heterocycles. The van der Waals surface area contributed by atoms with Gasteiger partial charge < -0.3 is 15.1 Å². The zero-order chi connectivity index (χ0) is 13.8. The Bertz CT molecular complexity index is 423. The molecule has 4 heteroatoms. The van der Waals surface area contributed by atoms with Gasteiger partial charge in [-0.3, -0.25) is 0 Å². The second-order valence-electron chi connectivity index (χ2n) is 5.24. The monoisotopic (exact) mass is 327 g/mol. The highest BCUT2D eigenvalue weighted by atomic mass is 79.9. The number of anilines is 1. The van der Waals surface area contributed by atoms with E-state index in [0.717, 1.165) is 29.4 Å². The summed E-state index contributed by atoms with van der Waals surface area (Å²) in [6.45, 7) is 3.12. The van der Waals surface area contributed by atoms with Crippen LogP contribution in [0.2, 0.25) is 0 Å². The Labute approximate surface area is 123 Å². The lowest BCUT2D eigenvalue weighted by Crippen LogP contribution is -2.29. The van der Waals surface area contributed by atoms with Crippen LogP contribution in [0, 0.1) is 0 Å². The van der Waals surface area contributed by atoms with Crippen molar-refractivity contribution in [2.75, 3.05) is 18.1 Å². The first kappa shape index (κ1) is 14.8. The first-order valence-corrected chi connectivity index (χ1v) is 7.77. The molecule has 0 radical (unpaired) electrons. The van der Waals surface area contributed by atoms with E-state index in [-0.39, 0.29) is 6.61 Å². The van der Waals surface area contributed by atoms with Gasteiger partial charge >= 0.3 is 0 Å². The third-order valence-electron chi connectivity index (χ3n) is 3.84. The quantitative estimate of drug-likeness (QED) is 0.872. The molecule has 0 amide bonds. The van der Waals surface area contributed by atoms with Crippen LogP contribution in [-0.2, 0) is 0 Å². The van der Waals surface area contributed by atoms with Gasteiger partial charge in [0.05, 0.1) is 11.8 Å². The van der Waals surface area contributed by atoms with Crippen LogP contribution in [0.15, 0.2) is 22.7 Å². The molecule has 2 rings (SSSR count). The Kier molecular flexibility index (Phi) is 5.25. The second kappa shape index (κ2) is 6.73. The number of nitrogens with zero attached hydrogens (tertiary/aromatic N) is 1. The molecular weight excluding hydrogens is 306 g/mol. The predicted octanol–water partition coefficient (Wildman–Crippen LogP) is 3.24.